The highest BCUT2D eigenvalue weighted by Gasteiger charge is 2.42. The minimum absolute atomic E-state index is 0.00720. The molecule has 172 valence electrons. The molecule has 2 N–H and O–H groups in total. The van der Waals surface area contributed by atoms with E-state index in [9.17, 15) is 35.9 Å². The molecule has 3 aromatic rings. The third-order valence-electron chi connectivity index (χ3n) is 5.07. The van der Waals surface area contributed by atoms with E-state index in [0.29, 0.717) is 12.1 Å². The fourth-order valence-corrected chi connectivity index (χ4v) is 4.18. The van der Waals surface area contributed by atoms with Crippen molar-refractivity contribution in [1.82, 2.24) is 10.3 Å². The van der Waals surface area contributed by atoms with Gasteiger partial charge in [0.05, 0.1) is 23.1 Å². The summed E-state index contributed by atoms with van der Waals surface area (Å²) in [5.74, 6) is -2.78. The molecule has 1 aliphatic rings. The van der Waals surface area contributed by atoms with E-state index >= 15 is 0 Å². The number of nitrogens with zero attached hydrogens (tertiary/aromatic N) is 1. The van der Waals surface area contributed by atoms with Gasteiger partial charge in [-0.05, 0) is 35.4 Å². The zero-order valence-electron chi connectivity index (χ0n) is 16.3. The molecule has 0 saturated carbocycles. The number of fused-ring (bicyclic) bond motifs is 1. The molecule has 2 unspecified atom stereocenters. The maximum Gasteiger partial charge on any atom is 0.416 e. The Balaban J connectivity index is 1.87. The first-order valence-corrected chi connectivity index (χ1v) is 10.2. The summed E-state index contributed by atoms with van der Waals surface area (Å²) < 4.78 is 80.3. The molecule has 0 saturated heterocycles. The van der Waals surface area contributed by atoms with Crippen molar-refractivity contribution in [3.8, 4) is 0 Å². The number of thiazole rings is 1. The lowest BCUT2D eigenvalue weighted by molar-refractivity contribution is -0.143. The van der Waals surface area contributed by atoms with Crippen LogP contribution in [0.5, 0.6) is 0 Å². The summed E-state index contributed by atoms with van der Waals surface area (Å²) in [4.78, 5) is 29.7. The Kier molecular flexibility index (Phi) is 5.64. The molecule has 12 heteroatoms. The first kappa shape index (κ1) is 22.8. The molecule has 2 amide bonds. The van der Waals surface area contributed by atoms with Crippen molar-refractivity contribution in [2.45, 2.75) is 24.3 Å². The quantitative estimate of drug-likeness (QED) is 0.489. The van der Waals surface area contributed by atoms with E-state index in [-0.39, 0.29) is 22.3 Å². The number of hydrogen-bond donors (Lipinski definition) is 2. The second-order valence-electron chi connectivity index (χ2n) is 7.18. The van der Waals surface area contributed by atoms with Gasteiger partial charge in [-0.25, -0.2) is 4.98 Å². The largest absolute Gasteiger partial charge is 0.416 e. The lowest BCUT2D eigenvalue weighted by atomic mass is 9.80. The lowest BCUT2D eigenvalue weighted by Gasteiger charge is -2.34. The number of hydrogen-bond acceptors (Lipinski definition) is 4. The van der Waals surface area contributed by atoms with Crippen molar-refractivity contribution in [3.63, 3.8) is 0 Å². The van der Waals surface area contributed by atoms with E-state index in [1.165, 1.54) is 30.5 Å². The van der Waals surface area contributed by atoms with Crippen molar-refractivity contribution in [2.75, 3.05) is 5.32 Å². The molecule has 2 atom stereocenters. The Labute approximate surface area is 186 Å². The Bertz CT molecular complexity index is 1180. The maximum absolute atomic E-state index is 13.4. The molecule has 1 aliphatic heterocycles. The van der Waals surface area contributed by atoms with Crippen LogP contribution in [0.3, 0.4) is 0 Å². The number of halogens is 6. The summed E-state index contributed by atoms with van der Waals surface area (Å²) in [5.41, 5.74) is -3.32. The van der Waals surface area contributed by atoms with E-state index in [2.05, 4.69) is 15.6 Å². The number of rotatable bonds is 3. The highest BCUT2D eigenvalue weighted by Crippen LogP contribution is 2.42. The number of aromatic nitrogens is 1. The van der Waals surface area contributed by atoms with Gasteiger partial charge >= 0.3 is 12.4 Å². The van der Waals surface area contributed by atoms with Crippen molar-refractivity contribution in [2.24, 2.45) is 0 Å². The molecule has 0 radical (unpaired) electrons. The number of carbonyl (C=O) groups excluding carboxylic acids is 2. The van der Waals surface area contributed by atoms with Crippen molar-refractivity contribution >= 4 is 28.3 Å². The standard InChI is InChI=1S/C21H13F6N3O2S/c22-20(23,24)11-7-10(8-12(9-11)21(25,26)27)16-15(18(32)30-19-28-5-6-33-19)13-3-1-2-4-14(13)17(31)29-16/h1-9,15-16H,(H,29,31)(H,28,30,32). The average molecular weight is 485 g/mol. The van der Waals surface area contributed by atoms with Gasteiger partial charge in [-0.1, -0.05) is 18.2 Å². The number of amides is 2. The fourth-order valence-electron chi connectivity index (χ4n) is 3.65. The number of anilines is 1. The smallest absolute Gasteiger partial charge is 0.344 e. The highest BCUT2D eigenvalue weighted by molar-refractivity contribution is 7.13. The van der Waals surface area contributed by atoms with Gasteiger partial charge in [-0.3, -0.25) is 9.59 Å². The van der Waals surface area contributed by atoms with E-state index in [1.807, 2.05) is 0 Å². The number of alkyl halides is 6. The van der Waals surface area contributed by atoms with Gasteiger partial charge in [0.25, 0.3) is 5.91 Å². The van der Waals surface area contributed by atoms with E-state index in [4.69, 9.17) is 0 Å². The number of benzene rings is 2. The third-order valence-corrected chi connectivity index (χ3v) is 5.76. The van der Waals surface area contributed by atoms with Gasteiger partial charge in [0.2, 0.25) is 5.91 Å². The molecule has 33 heavy (non-hydrogen) atoms. The summed E-state index contributed by atoms with van der Waals surface area (Å²) >= 11 is 1.08. The summed E-state index contributed by atoms with van der Waals surface area (Å²) in [6.07, 6.45) is -8.74. The van der Waals surface area contributed by atoms with Crippen LogP contribution in [0.4, 0.5) is 31.5 Å². The highest BCUT2D eigenvalue weighted by atomic mass is 32.1. The number of carbonyl (C=O) groups is 2. The van der Waals surface area contributed by atoms with Crippen molar-refractivity contribution < 1.29 is 35.9 Å². The minimum atomic E-state index is -5.08. The molecule has 0 fully saturated rings. The Morgan fingerprint density at radius 2 is 1.64 bits per heavy atom. The van der Waals surface area contributed by atoms with Crippen LogP contribution in [0.2, 0.25) is 0 Å². The van der Waals surface area contributed by atoms with E-state index in [0.717, 1.165) is 11.3 Å². The normalized spacial score (nSPS) is 18.4. The Morgan fingerprint density at radius 1 is 1.00 bits per heavy atom. The maximum atomic E-state index is 13.4. The minimum Gasteiger partial charge on any atom is -0.344 e. The molecular formula is C21H13F6N3O2S. The van der Waals surface area contributed by atoms with E-state index < -0.39 is 52.8 Å². The van der Waals surface area contributed by atoms with Crippen LogP contribution in [-0.2, 0) is 17.1 Å². The summed E-state index contributed by atoms with van der Waals surface area (Å²) in [6, 6.07) is 5.42. The number of nitrogens with one attached hydrogen (secondary N) is 2. The zero-order valence-corrected chi connectivity index (χ0v) is 17.1. The third kappa shape index (κ3) is 4.56. The van der Waals surface area contributed by atoms with Crippen LogP contribution in [0.25, 0.3) is 0 Å². The van der Waals surface area contributed by atoms with Gasteiger partial charge < -0.3 is 10.6 Å². The van der Waals surface area contributed by atoms with E-state index in [1.54, 1.807) is 5.38 Å². The molecule has 2 heterocycles. The van der Waals surface area contributed by atoms with Crippen LogP contribution in [0.1, 0.15) is 44.6 Å². The monoisotopic (exact) mass is 485 g/mol. The van der Waals surface area contributed by atoms with Crippen molar-refractivity contribution in [1.29, 1.82) is 0 Å². The Hall–Kier alpha value is -3.41. The summed E-state index contributed by atoms with van der Waals surface area (Å²) in [5, 5.41) is 6.68. The summed E-state index contributed by atoms with van der Waals surface area (Å²) in [6.45, 7) is 0. The molecular weight excluding hydrogens is 472 g/mol. The first-order valence-electron chi connectivity index (χ1n) is 9.34. The zero-order chi connectivity index (χ0) is 24.0. The van der Waals surface area contributed by atoms with Gasteiger partial charge in [0.1, 0.15) is 0 Å². The molecule has 2 aromatic carbocycles. The molecule has 0 aliphatic carbocycles. The van der Waals surface area contributed by atoms with Crippen LogP contribution < -0.4 is 10.6 Å². The summed E-state index contributed by atoms with van der Waals surface area (Å²) in [7, 11) is 0. The van der Waals surface area contributed by atoms with Gasteiger partial charge in [0.15, 0.2) is 5.13 Å². The van der Waals surface area contributed by atoms with Gasteiger partial charge in [0, 0.05) is 17.1 Å². The Morgan fingerprint density at radius 3 is 2.21 bits per heavy atom. The first-order chi connectivity index (χ1) is 15.4. The van der Waals surface area contributed by atoms with Gasteiger partial charge in [-0.15, -0.1) is 11.3 Å². The lowest BCUT2D eigenvalue weighted by Crippen LogP contribution is -2.43. The van der Waals surface area contributed by atoms with Crippen LogP contribution in [-0.4, -0.2) is 16.8 Å². The molecule has 4 rings (SSSR count). The molecule has 0 spiro atoms. The second-order valence-corrected chi connectivity index (χ2v) is 8.08. The molecule has 1 aromatic heterocycles. The second kappa shape index (κ2) is 8.18. The van der Waals surface area contributed by atoms with Crippen LogP contribution in [0, 0.1) is 0 Å². The van der Waals surface area contributed by atoms with Crippen molar-refractivity contribution in [3.05, 3.63) is 81.9 Å². The molecule has 0 bridgehead atoms. The fraction of sp³-hybridized carbons (Fsp3) is 0.190. The topological polar surface area (TPSA) is 71.1 Å². The predicted octanol–water partition coefficient (Wildman–Crippen LogP) is 5.39. The molecule has 5 nitrogen and oxygen atoms in total. The average Bonchev–Trinajstić information content (AvgIpc) is 3.25. The van der Waals surface area contributed by atoms with Crippen LogP contribution in [0.15, 0.2) is 54.0 Å². The SMILES string of the molecule is O=C1NC(c2cc(C(F)(F)F)cc(C(F)(F)F)c2)C(C(=O)Nc2nccs2)c2ccccc21. The van der Waals surface area contributed by atoms with Crippen LogP contribution >= 0.6 is 11.3 Å². The predicted molar refractivity (Wildman–Crippen MR) is 107 cm³/mol. The van der Waals surface area contributed by atoms with Gasteiger partial charge in [-0.2, -0.15) is 26.3 Å².